The Kier molecular flexibility index (Phi) is 4.88. The number of rotatable bonds is 3. The van der Waals surface area contributed by atoms with E-state index < -0.39 is 0 Å². The molecule has 2 aromatic rings. The van der Waals surface area contributed by atoms with Gasteiger partial charge in [0, 0.05) is 5.02 Å². The van der Waals surface area contributed by atoms with Crippen molar-refractivity contribution < 1.29 is 4.79 Å². The molecule has 0 saturated carbocycles. The highest BCUT2D eigenvalue weighted by atomic mass is 35.5. The normalized spacial score (nSPS) is 11.8. The predicted molar refractivity (Wildman–Crippen MR) is 83.5 cm³/mol. The molecule has 0 heterocycles. The molecule has 2 aromatic carbocycles. The number of carbonyl (C=O) groups excluding carboxylic acids is 1. The summed E-state index contributed by atoms with van der Waals surface area (Å²) in [6.45, 7) is 1.92. The molecule has 1 unspecified atom stereocenters. The second kappa shape index (κ2) is 6.64. The minimum atomic E-state index is -0.314. The van der Waals surface area contributed by atoms with Crippen LogP contribution in [0.1, 0.15) is 18.5 Å². The van der Waals surface area contributed by atoms with Crippen LogP contribution in [0.25, 0.3) is 0 Å². The van der Waals surface area contributed by atoms with Crippen LogP contribution in [0.3, 0.4) is 0 Å². The molecular formula is C15H14Cl2N2O. The van der Waals surface area contributed by atoms with E-state index in [0.717, 1.165) is 5.56 Å². The van der Waals surface area contributed by atoms with E-state index in [2.05, 4.69) is 10.6 Å². The lowest BCUT2D eigenvalue weighted by atomic mass is 10.1. The van der Waals surface area contributed by atoms with Crippen molar-refractivity contribution in [3.63, 3.8) is 0 Å². The van der Waals surface area contributed by atoms with Crippen LogP contribution >= 0.6 is 23.2 Å². The van der Waals surface area contributed by atoms with Crippen molar-refractivity contribution in [3.05, 3.63) is 64.1 Å². The molecule has 0 aliphatic rings. The summed E-state index contributed by atoms with van der Waals surface area (Å²) in [5.74, 6) is 0. The molecule has 2 N–H and O–H groups in total. The molecule has 5 heteroatoms. The SMILES string of the molecule is CC(NC(=O)Nc1ccc(Cl)cc1Cl)c1ccccc1. The van der Waals surface area contributed by atoms with Gasteiger partial charge in [0.05, 0.1) is 16.8 Å². The molecule has 0 spiro atoms. The van der Waals surface area contributed by atoms with Crippen molar-refractivity contribution in [1.82, 2.24) is 5.32 Å². The molecule has 0 aliphatic heterocycles. The third kappa shape index (κ3) is 3.89. The van der Waals surface area contributed by atoms with E-state index in [9.17, 15) is 4.79 Å². The first-order chi connectivity index (χ1) is 9.56. The zero-order valence-corrected chi connectivity index (χ0v) is 12.4. The quantitative estimate of drug-likeness (QED) is 0.834. The van der Waals surface area contributed by atoms with E-state index in [1.807, 2.05) is 37.3 Å². The lowest BCUT2D eigenvalue weighted by molar-refractivity contribution is 0.249. The van der Waals surface area contributed by atoms with E-state index in [1.165, 1.54) is 0 Å². The Hall–Kier alpha value is -1.71. The third-order valence-electron chi connectivity index (χ3n) is 2.83. The average Bonchev–Trinajstić information content (AvgIpc) is 2.43. The van der Waals surface area contributed by atoms with Gasteiger partial charge in [0.2, 0.25) is 0 Å². The van der Waals surface area contributed by atoms with E-state index in [0.29, 0.717) is 15.7 Å². The molecule has 1 atom stereocenters. The minimum absolute atomic E-state index is 0.0951. The second-order valence-electron chi connectivity index (χ2n) is 4.36. The first kappa shape index (κ1) is 14.7. The van der Waals surface area contributed by atoms with Crippen LogP contribution in [0.15, 0.2) is 48.5 Å². The largest absolute Gasteiger partial charge is 0.331 e. The molecule has 0 bridgehead atoms. The van der Waals surface area contributed by atoms with Gasteiger partial charge in [-0.25, -0.2) is 4.79 Å². The van der Waals surface area contributed by atoms with Gasteiger partial charge in [-0.1, -0.05) is 53.5 Å². The highest BCUT2D eigenvalue weighted by molar-refractivity contribution is 6.36. The van der Waals surface area contributed by atoms with Crippen LogP contribution in [-0.2, 0) is 0 Å². The van der Waals surface area contributed by atoms with Crippen LogP contribution < -0.4 is 10.6 Å². The lowest BCUT2D eigenvalue weighted by Crippen LogP contribution is -2.31. The van der Waals surface area contributed by atoms with Crippen LogP contribution in [0.2, 0.25) is 10.0 Å². The molecule has 0 saturated heterocycles. The summed E-state index contributed by atoms with van der Waals surface area (Å²) >= 11 is 11.8. The molecule has 0 aliphatic carbocycles. The maximum atomic E-state index is 11.9. The van der Waals surface area contributed by atoms with Gasteiger partial charge >= 0.3 is 6.03 Å². The number of urea groups is 1. The van der Waals surface area contributed by atoms with Crippen LogP contribution in [-0.4, -0.2) is 6.03 Å². The van der Waals surface area contributed by atoms with Gasteiger partial charge in [0.1, 0.15) is 0 Å². The topological polar surface area (TPSA) is 41.1 Å². The first-order valence-electron chi connectivity index (χ1n) is 6.14. The number of amides is 2. The Labute approximate surface area is 127 Å². The molecular weight excluding hydrogens is 295 g/mol. The number of anilines is 1. The van der Waals surface area contributed by atoms with Gasteiger partial charge in [-0.3, -0.25) is 0 Å². The molecule has 104 valence electrons. The number of hydrogen-bond donors (Lipinski definition) is 2. The maximum Gasteiger partial charge on any atom is 0.319 e. The third-order valence-corrected chi connectivity index (χ3v) is 3.37. The van der Waals surface area contributed by atoms with Gasteiger partial charge < -0.3 is 10.6 Å². The van der Waals surface area contributed by atoms with Crippen molar-refractivity contribution in [2.75, 3.05) is 5.32 Å². The molecule has 0 radical (unpaired) electrons. The number of carbonyl (C=O) groups is 1. The molecule has 3 nitrogen and oxygen atoms in total. The summed E-state index contributed by atoms with van der Waals surface area (Å²) in [7, 11) is 0. The summed E-state index contributed by atoms with van der Waals surface area (Å²) in [5.41, 5.74) is 1.55. The number of halogens is 2. The Bertz CT molecular complexity index is 602. The predicted octanol–water partition coefficient (Wildman–Crippen LogP) is 4.88. The number of benzene rings is 2. The average molecular weight is 309 g/mol. The monoisotopic (exact) mass is 308 g/mol. The fraction of sp³-hybridized carbons (Fsp3) is 0.133. The van der Waals surface area contributed by atoms with Crippen molar-refractivity contribution in [2.24, 2.45) is 0 Å². The smallest absolute Gasteiger partial charge is 0.319 e. The zero-order valence-electron chi connectivity index (χ0n) is 10.9. The van der Waals surface area contributed by atoms with Crippen LogP contribution in [0, 0.1) is 0 Å². The molecule has 0 aromatic heterocycles. The Balaban J connectivity index is 1.99. The molecule has 20 heavy (non-hydrogen) atoms. The second-order valence-corrected chi connectivity index (χ2v) is 5.20. The molecule has 0 fully saturated rings. The maximum absolute atomic E-state index is 11.9. The van der Waals surface area contributed by atoms with Gasteiger partial charge in [-0.2, -0.15) is 0 Å². The molecule has 2 amide bonds. The van der Waals surface area contributed by atoms with Gasteiger partial charge in [-0.15, -0.1) is 0 Å². The summed E-state index contributed by atoms with van der Waals surface area (Å²) in [4.78, 5) is 11.9. The minimum Gasteiger partial charge on any atom is -0.331 e. The van der Waals surface area contributed by atoms with E-state index in [4.69, 9.17) is 23.2 Å². The van der Waals surface area contributed by atoms with Crippen molar-refractivity contribution in [1.29, 1.82) is 0 Å². The molecule has 2 rings (SSSR count). The number of nitrogens with one attached hydrogen (secondary N) is 2. The van der Waals surface area contributed by atoms with E-state index >= 15 is 0 Å². The van der Waals surface area contributed by atoms with Crippen molar-refractivity contribution in [2.45, 2.75) is 13.0 Å². The van der Waals surface area contributed by atoms with Crippen molar-refractivity contribution in [3.8, 4) is 0 Å². The van der Waals surface area contributed by atoms with Crippen molar-refractivity contribution >= 4 is 34.9 Å². The number of hydrogen-bond acceptors (Lipinski definition) is 1. The van der Waals surface area contributed by atoms with E-state index in [-0.39, 0.29) is 12.1 Å². The fourth-order valence-corrected chi connectivity index (χ4v) is 2.23. The van der Waals surface area contributed by atoms with E-state index in [1.54, 1.807) is 18.2 Å². The van der Waals surface area contributed by atoms with Gasteiger partial charge in [-0.05, 0) is 30.7 Å². The highest BCUT2D eigenvalue weighted by Gasteiger charge is 2.10. The summed E-state index contributed by atoms with van der Waals surface area (Å²) < 4.78 is 0. The fourth-order valence-electron chi connectivity index (χ4n) is 1.77. The van der Waals surface area contributed by atoms with Gasteiger partial charge in [0.15, 0.2) is 0 Å². The Morgan fingerprint density at radius 3 is 2.45 bits per heavy atom. The first-order valence-corrected chi connectivity index (χ1v) is 6.89. The van der Waals surface area contributed by atoms with Crippen LogP contribution in [0.4, 0.5) is 10.5 Å². The zero-order chi connectivity index (χ0) is 14.5. The van der Waals surface area contributed by atoms with Gasteiger partial charge in [0.25, 0.3) is 0 Å². The lowest BCUT2D eigenvalue weighted by Gasteiger charge is -2.15. The summed E-state index contributed by atoms with van der Waals surface area (Å²) in [5, 5.41) is 6.47. The Morgan fingerprint density at radius 1 is 1.10 bits per heavy atom. The highest BCUT2D eigenvalue weighted by Crippen LogP contribution is 2.25. The van der Waals surface area contributed by atoms with Crippen LogP contribution in [0.5, 0.6) is 0 Å². The summed E-state index contributed by atoms with van der Waals surface area (Å²) in [6.07, 6.45) is 0. The Morgan fingerprint density at radius 2 is 1.80 bits per heavy atom. The standard InChI is InChI=1S/C15H14Cl2N2O/c1-10(11-5-3-2-4-6-11)18-15(20)19-14-8-7-12(16)9-13(14)17/h2-10H,1H3,(H2,18,19,20). The summed E-state index contributed by atoms with van der Waals surface area (Å²) in [6, 6.07) is 14.2.